The van der Waals surface area contributed by atoms with Gasteiger partial charge in [-0.1, -0.05) is 37.1 Å². The zero-order valence-corrected chi connectivity index (χ0v) is 17.2. The van der Waals surface area contributed by atoms with Crippen LogP contribution < -0.4 is 14.8 Å². The van der Waals surface area contributed by atoms with Crippen LogP contribution in [0.1, 0.15) is 37.0 Å². The lowest BCUT2D eigenvalue weighted by atomic mass is 10.1. The molecule has 0 radical (unpaired) electrons. The van der Waals surface area contributed by atoms with Crippen LogP contribution in [0.25, 0.3) is 0 Å². The molecule has 0 aliphatic rings. The van der Waals surface area contributed by atoms with Crippen LogP contribution in [0.2, 0.25) is 5.02 Å². The Bertz CT molecular complexity index is 736. The summed E-state index contributed by atoms with van der Waals surface area (Å²) in [7, 11) is 0. The second kappa shape index (κ2) is 10.2. The highest BCUT2D eigenvalue weighted by Crippen LogP contribution is 2.26. The Kier molecular flexibility index (Phi) is 7.99. The predicted octanol–water partition coefficient (Wildman–Crippen LogP) is 4.87. The lowest BCUT2D eigenvalue weighted by molar-refractivity contribution is -0.127. The van der Waals surface area contributed by atoms with E-state index >= 15 is 0 Å². The molecule has 1 N–H and O–H groups in total. The summed E-state index contributed by atoms with van der Waals surface area (Å²) < 4.78 is 11.4. The van der Waals surface area contributed by atoms with Gasteiger partial charge in [-0.3, -0.25) is 4.79 Å². The molecular weight excluding hydrogens is 362 g/mol. The number of ether oxygens (including phenoxy) is 2. The Balaban J connectivity index is 1.75. The van der Waals surface area contributed by atoms with E-state index in [4.69, 9.17) is 21.1 Å². The molecule has 0 aliphatic heterocycles. The van der Waals surface area contributed by atoms with Crippen molar-refractivity contribution < 1.29 is 14.3 Å². The Morgan fingerprint density at radius 2 is 1.74 bits per heavy atom. The van der Waals surface area contributed by atoms with Gasteiger partial charge in [0, 0.05) is 5.02 Å². The van der Waals surface area contributed by atoms with Crippen molar-refractivity contribution in [2.45, 2.75) is 46.6 Å². The second-order valence-electron chi connectivity index (χ2n) is 6.66. The Morgan fingerprint density at radius 1 is 1.11 bits per heavy atom. The molecule has 5 heteroatoms. The van der Waals surface area contributed by atoms with E-state index in [-0.39, 0.29) is 5.91 Å². The van der Waals surface area contributed by atoms with E-state index in [1.54, 1.807) is 6.92 Å². The number of amides is 1. The average Bonchev–Trinajstić information content (AvgIpc) is 2.64. The van der Waals surface area contributed by atoms with E-state index in [1.165, 1.54) is 5.56 Å². The minimum atomic E-state index is -0.599. The molecule has 4 nitrogen and oxygen atoms in total. The Hall–Kier alpha value is -2.20. The van der Waals surface area contributed by atoms with Gasteiger partial charge in [-0.15, -0.1) is 0 Å². The molecule has 0 aliphatic carbocycles. The smallest absolute Gasteiger partial charge is 0.260 e. The molecule has 1 atom stereocenters. The van der Waals surface area contributed by atoms with Crippen molar-refractivity contribution in [3.63, 3.8) is 0 Å². The molecule has 0 saturated heterocycles. The number of carbonyl (C=O) groups excluding carboxylic acids is 1. The van der Waals surface area contributed by atoms with Gasteiger partial charge in [0.1, 0.15) is 18.1 Å². The van der Waals surface area contributed by atoms with E-state index in [9.17, 15) is 4.79 Å². The third-order valence-corrected chi connectivity index (χ3v) is 4.82. The van der Waals surface area contributed by atoms with E-state index in [1.807, 2.05) is 38.1 Å². The van der Waals surface area contributed by atoms with Gasteiger partial charge in [0.05, 0.1) is 6.54 Å². The summed E-state index contributed by atoms with van der Waals surface area (Å²) in [5, 5.41) is 3.55. The van der Waals surface area contributed by atoms with Gasteiger partial charge >= 0.3 is 0 Å². The van der Waals surface area contributed by atoms with Crippen molar-refractivity contribution in [1.82, 2.24) is 5.32 Å². The van der Waals surface area contributed by atoms with Crippen LogP contribution >= 0.6 is 11.6 Å². The summed E-state index contributed by atoms with van der Waals surface area (Å²) in [4.78, 5) is 12.2. The standard InChI is InChI=1S/C22H28ClNO3/c1-5-6-18-7-9-19(10-8-18)26-12-11-24-22(25)17(4)27-20-13-15(2)21(23)16(3)14-20/h7-10,13-14,17H,5-6,11-12H2,1-4H3,(H,24,25). The van der Waals surface area contributed by atoms with Crippen molar-refractivity contribution >= 4 is 17.5 Å². The molecule has 2 aromatic carbocycles. The Morgan fingerprint density at radius 3 is 2.33 bits per heavy atom. The van der Waals surface area contributed by atoms with Gasteiger partial charge in [-0.25, -0.2) is 0 Å². The predicted molar refractivity (Wildman–Crippen MR) is 110 cm³/mol. The minimum absolute atomic E-state index is 0.179. The third kappa shape index (κ3) is 6.47. The molecule has 0 bridgehead atoms. The zero-order valence-electron chi connectivity index (χ0n) is 16.5. The SMILES string of the molecule is CCCc1ccc(OCCNC(=O)C(C)Oc2cc(C)c(Cl)c(C)c2)cc1. The number of halogens is 1. The fraction of sp³-hybridized carbons (Fsp3) is 0.409. The largest absolute Gasteiger partial charge is 0.492 e. The summed E-state index contributed by atoms with van der Waals surface area (Å²) in [6, 6.07) is 11.7. The van der Waals surface area contributed by atoms with Gasteiger partial charge < -0.3 is 14.8 Å². The van der Waals surface area contributed by atoms with Crippen LogP contribution in [-0.4, -0.2) is 25.2 Å². The lowest BCUT2D eigenvalue weighted by Gasteiger charge is -2.16. The van der Waals surface area contributed by atoms with Gasteiger partial charge in [-0.05, 0) is 68.1 Å². The monoisotopic (exact) mass is 389 g/mol. The quantitative estimate of drug-likeness (QED) is 0.622. The van der Waals surface area contributed by atoms with Crippen molar-refractivity contribution in [2.75, 3.05) is 13.2 Å². The van der Waals surface area contributed by atoms with Crippen molar-refractivity contribution in [1.29, 1.82) is 0 Å². The van der Waals surface area contributed by atoms with Crippen LogP contribution in [0.4, 0.5) is 0 Å². The lowest BCUT2D eigenvalue weighted by Crippen LogP contribution is -2.38. The summed E-state index contributed by atoms with van der Waals surface area (Å²) in [6.45, 7) is 8.54. The maximum atomic E-state index is 12.2. The maximum Gasteiger partial charge on any atom is 0.260 e. The maximum absolute atomic E-state index is 12.2. The first-order valence-electron chi connectivity index (χ1n) is 9.33. The molecule has 2 rings (SSSR count). The third-order valence-electron chi connectivity index (χ3n) is 4.22. The molecular formula is C22H28ClNO3. The van der Waals surface area contributed by atoms with Crippen LogP contribution in [0.3, 0.4) is 0 Å². The first-order valence-corrected chi connectivity index (χ1v) is 9.71. The molecule has 0 aromatic heterocycles. The van der Waals surface area contributed by atoms with Crippen LogP contribution in [0, 0.1) is 13.8 Å². The van der Waals surface area contributed by atoms with E-state index in [0.29, 0.717) is 18.9 Å². The van der Waals surface area contributed by atoms with Gasteiger partial charge in [0.2, 0.25) is 0 Å². The molecule has 2 aromatic rings. The molecule has 146 valence electrons. The fourth-order valence-corrected chi connectivity index (χ4v) is 2.87. The normalized spacial score (nSPS) is 11.7. The van der Waals surface area contributed by atoms with Crippen LogP contribution in [0.5, 0.6) is 11.5 Å². The molecule has 0 spiro atoms. The zero-order chi connectivity index (χ0) is 19.8. The molecule has 1 unspecified atom stereocenters. The second-order valence-corrected chi connectivity index (χ2v) is 7.04. The van der Waals surface area contributed by atoms with Crippen molar-refractivity contribution in [2.24, 2.45) is 0 Å². The van der Waals surface area contributed by atoms with Crippen molar-refractivity contribution in [3.8, 4) is 11.5 Å². The van der Waals surface area contributed by atoms with E-state index in [0.717, 1.165) is 34.7 Å². The first-order chi connectivity index (χ1) is 12.9. The topological polar surface area (TPSA) is 47.6 Å². The summed E-state index contributed by atoms with van der Waals surface area (Å²) in [5.74, 6) is 1.27. The van der Waals surface area contributed by atoms with Crippen LogP contribution in [0.15, 0.2) is 36.4 Å². The Labute approximate surface area is 166 Å². The minimum Gasteiger partial charge on any atom is -0.492 e. The van der Waals surface area contributed by atoms with E-state index in [2.05, 4.69) is 24.4 Å². The van der Waals surface area contributed by atoms with Gasteiger partial charge in [-0.2, -0.15) is 0 Å². The highest BCUT2D eigenvalue weighted by atomic mass is 35.5. The van der Waals surface area contributed by atoms with Crippen molar-refractivity contribution in [3.05, 3.63) is 58.1 Å². The van der Waals surface area contributed by atoms with Gasteiger partial charge in [0.15, 0.2) is 6.10 Å². The summed E-state index contributed by atoms with van der Waals surface area (Å²) in [5.41, 5.74) is 3.16. The number of hydrogen-bond donors (Lipinski definition) is 1. The number of hydrogen-bond acceptors (Lipinski definition) is 3. The number of benzene rings is 2. The number of aryl methyl sites for hydroxylation is 3. The highest BCUT2D eigenvalue weighted by molar-refractivity contribution is 6.32. The number of carbonyl (C=O) groups is 1. The molecule has 0 heterocycles. The average molecular weight is 390 g/mol. The summed E-state index contributed by atoms with van der Waals surface area (Å²) >= 11 is 6.16. The number of rotatable bonds is 9. The van der Waals surface area contributed by atoms with E-state index < -0.39 is 6.10 Å². The molecule has 1 amide bonds. The van der Waals surface area contributed by atoms with Crippen LogP contribution in [-0.2, 0) is 11.2 Å². The first kappa shape index (κ1) is 21.1. The number of nitrogens with one attached hydrogen (secondary N) is 1. The highest BCUT2D eigenvalue weighted by Gasteiger charge is 2.15. The summed E-state index contributed by atoms with van der Waals surface area (Å²) in [6.07, 6.45) is 1.60. The molecule has 0 fully saturated rings. The fourth-order valence-electron chi connectivity index (χ4n) is 2.76. The van der Waals surface area contributed by atoms with Gasteiger partial charge in [0.25, 0.3) is 5.91 Å². The molecule has 27 heavy (non-hydrogen) atoms. The molecule has 0 saturated carbocycles.